The third-order valence-electron chi connectivity index (χ3n) is 13.2. The van der Waals surface area contributed by atoms with E-state index in [9.17, 15) is 0 Å². The SMILES string of the molecule is c1ccc2c(c1)c1ccccc1c1cc(-c3ccc4ccc5c(-n6c7ccccc7c7cccnc76)nc(-c6ccc7c8ccccc8c8ccccc8c7c6)nc5c4n3)ccc21. The van der Waals surface area contributed by atoms with Crippen molar-refractivity contribution in [3.63, 3.8) is 0 Å². The molecule has 0 aliphatic carbocycles. The number of aromatic nitrogens is 5. The fourth-order valence-electron chi connectivity index (χ4n) is 10.3. The summed E-state index contributed by atoms with van der Waals surface area (Å²) in [5.74, 6) is 1.39. The number of rotatable bonds is 3. The Morgan fingerprint density at radius 2 is 0.794 bits per heavy atom. The second kappa shape index (κ2) is 13.0. The molecule has 4 heterocycles. The van der Waals surface area contributed by atoms with Crippen molar-refractivity contribution in [3.8, 4) is 28.5 Å². The van der Waals surface area contributed by atoms with Crippen LogP contribution in [0.4, 0.5) is 0 Å². The lowest BCUT2D eigenvalue weighted by Gasteiger charge is -2.15. The fraction of sp³-hybridized carbons (Fsp3) is 0. The highest BCUT2D eigenvalue weighted by atomic mass is 15.1. The minimum atomic E-state index is 0.627. The van der Waals surface area contributed by atoms with E-state index in [2.05, 4.69) is 193 Å². The largest absolute Gasteiger partial charge is 0.277 e. The van der Waals surface area contributed by atoms with Gasteiger partial charge in [0.1, 0.15) is 11.2 Å². The molecule has 5 heteroatoms. The standard InChI is InChI=1S/C58H33N5/c1-3-16-41-37(12-1)39-14-5-7-18-43(39)50-32-35(24-27-45(41)50)52-30-26-34-23-29-49-55(54(34)60-52)61-56(62-58(49)63-53-22-10-9-20-47(53)48-21-11-31-59-57(48)63)36-25-28-46-42-17-4-2-13-38(42)40-15-6-8-19-44(40)51(46)33-36/h1-33H. The smallest absolute Gasteiger partial charge is 0.162 e. The maximum atomic E-state index is 5.52. The number of para-hydroxylation sites is 1. The van der Waals surface area contributed by atoms with Crippen LogP contribution in [-0.2, 0) is 0 Å². The van der Waals surface area contributed by atoms with Gasteiger partial charge in [0.25, 0.3) is 0 Å². The zero-order valence-corrected chi connectivity index (χ0v) is 33.8. The molecule has 0 amide bonds. The van der Waals surface area contributed by atoms with Crippen molar-refractivity contribution in [2.75, 3.05) is 0 Å². The summed E-state index contributed by atoms with van der Waals surface area (Å²) in [5.41, 5.74) is 6.36. The quantitative estimate of drug-likeness (QED) is 0.167. The molecule has 14 aromatic rings. The van der Waals surface area contributed by atoms with Gasteiger partial charge in [-0.15, -0.1) is 0 Å². The molecule has 0 saturated carbocycles. The molecule has 0 spiro atoms. The maximum Gasteiger partial charge on any atom is 0.162 e. The van der Waals surface area contributed by atoms with Gasteiger partial charge in [-0.3, -0.25) is 4.57 Å². The van der Waals surface area contributed by atoms with Gasteiger partial charge in [0.2, 0.25) is 0 Å². The van der Waals surface area contributed by atoms with Gasteiger partial charge in [0.05, 0.1) is 16.7 Å². The van der Waals surface area contributed by atoms with E-state index in [0.717, 1.165) is 66.4 Å². The van der Waals surface area contributed by atoms with Gasteiger partial charge in [-0.05, 0) is 107 Å². The second-order valence-corrected chi connectivity index (χ2v) is 16.5. The van der Waals surface area contributed by atoms with Crippen molar-refractivity contribution in [2.45, 2.75) is 0 Å². The molecular weight excluding hydrogens is 767 g/mol. The van der Waals surface area contributed by atoms with Gasteiger partial charge in [-0.25, -0.2) is 19.9 Å². The Balaban J connectivity index is 1.06. The molecule has 0 unspecified atom stereocenters. The molecule has 10 aromatic carbocycles. The number of nitrogens with zero attached hydrogens (tertiary/aromatic N) is 5. The molecule has 0 aliphatic rings. The van der Waals surface area contributed by atoms with Gasteiger partial charge < -0.3 is 0 Å². The summed E-state index contributed by atoms with van der Waals surface area (Å²) in [6.45, 7) is 0. The van der Waals surface area contributed by atoms with E-state index in [4.69, 9.17) is 19.9 Å². The maximum absolute atomic E-state index is 5.52. The van der Waals surface area contributed by atoms with Crippen molar-refractivity contribution >= 4 is 108 Å². The molecule has 0 fully saturated rings. The van der Waals surface area contributed by atoms with Crippen LogP contribution in [0.15, 0.2) is 200 Å². The Bertz CT molecular complexity index is 4160. The van der Waals surface area contributed by atoms with E-state index in [1.54, 1.807) is 0 Å². The van der Waals surface area contributed by atoms with Crippen LogP contribution in [0.25, 0.3) is 137 Å². The highest BCUT2D eigenvalue weighted by molar-refractivity contribution is 6.27. The summed E-state index contributed by atoms with van der Waals surface area (Å²) in [4.78, 5) is 21.5. The normalized spacial score (nSPS) is 12.1. The summed E-state index contributed by atoms with van der Waals surface area (Å²) >= 11 is 0. The first-order valence-corrected chi connectivity index (χ1v) is 21.4. The predicted molar refractivity (Wildman–Crippen MR) is 263 cm³/mol. The van der Waals surface area contributed by atoms with Crippen LogP contribution in [0.1, 0.15) is 0 Å². The van der Waals surface area contributed by atoms with Crippen molar-refractivity contribution in [1.29, 1.82) is 0 Å². The van der Waals surface area contributed by atoms with Gasteiger partial charge in [0.15, 0.2) is 11.6 Å². The van der Waals surface area contributed by atoms with Crippen LogP contribution < -0.4 is 0 Å². The van der Waals surface area contributed by atoms with E-state index in [-0.39, 0.29) is 0 Å². The van der Waals surface area contributed by atoms with Crippen LogP contribution in [-0.4, -0.2) is 24.5 Å². The molecule has 0 aliphatic heterocycles. The van der Waals surface area contributed by atoms with E-state index in [1.165, 1.54) is 64.6 Å². The second-order valence-electron chi connectivity index (χ2n) is 16.5. The molecule has 4 aromatic heterocycles. The summed E-state index contributed by atoms with van der Waals surface area (Å²) < 4.78 is 2.20. The molecule has 290 valence electrons. The Hall–Kier alpha value is -8.54. The zero-order chi connectivity index (χ0) is 41.2. The van der Waals surface area contributed by atoms with Crippen LogP contribution in [0, 0.1) is 0 Å². The van der Waals surface area contributed by atoms with Crippen LogP contribution in [0.3, 0.4) is 0 Å². The third-order valence-corrected chi connectivity index (χ3v) is 13.2. The minimum absolute atomic E-state index is 0.627. The lowest BCUT2D eigenvalue weighted by atomic mass is 9.93. The van der Waals surface area contributed by atoms with Crippen LogP contribution in [0.2, 0.25) is 0 Å². The molecule has 0 bridgehead atoms. The molecule has 5 nitrogen and oxygen atoms in total. The Kier molecular flexibility index (Phi) is 7.05. The summed E-state index contributed by atoms with van der Waals surface area (Å²) in [5, 5.41) is 18.8. The summed E-state index contributed by atoms with van der Waals surface area (Å²) in [6, 6.07) is 69.5. The topological polar surface area (TPSA) is 56.5 Å². The van der Waals surface area contributed by atoms with E-state index in [0.29, 0.717) is 5.82 Å². The lowest BCUT2D eigenvalue weighted by molar-refractivity contribution is 1.06. The Labute approximate surface area is 360 Å². The molecule has 63 heavy (non-hydrogen) atoms. The first kappa shape index (κ1) is 34.2. The molecular formula is C58H33N5. The van der Waals surface area contributed by atoms with Crippen LogP contribution in [0.5, 0.6) is 0 Å². The van der Waals surface area contributed by atoms with Gasteiger partial charge in [0, 0.05) is 38.9 Å². The first-order chi connectivity index (χ1) is 31.2. The molecule has 0 radical (unpaired) electrons. The van der Waals surface area contributed by atoms with E-state index < -0.39 is 0 Å². The number of hydrogen-bond donors (Lipinski definition) is 0. The van der Waals surface area contributed by atoms with E-state index >= 15 is 0 Å². The summed E-state index contributed by atoms with van der Waals surface area (Å²) in [6.07, 6.45) is 1.86. The van der Waals surface area contributed by atoms with Crippen molar-refractivity contribution in [1.82, 2.24) is 24.5 Å². The molecule has 0 saturated heterocycles. The number of pyridine rings is 2. The summed E-state index contributed by atoms with van der Waals surface area (Å²) in [7, 11) is 0. The Morgan fingerprint density at radius 3 is 1.41 bits per heavy atom. The van der Waals surface area contributed by atoms with Crippen molar-refractivity contribution < 1.29 is 0 Å². The molecule has 14 rings (SSSR count). The number of hydrogen-bond acceptors (Lipinski definition) is 4. The van der Waals surface area contributed by atoms with E-state index in [1.807, 2.05) is 12.3 Å². The monoisotopic (exact) mass is 799 g/mol. The number of fused-ring (bicyclic) bond motifs is 18. The first-order valence-electron chi connectivity index (χ1n) is 21.4. The van der Waals surface area contributed by atoms with Gasteiger partial charge >= 0.3 is 0 Å². The fourth-order valence-corrected chi connectivity index (χ4v) is 10.3. The van der Waals surface area contributed by atoms with Crippen LogP contribution >= 0.6 is 0 Å². The predicted octanol–water partition coefficient (Wildman–Crippen LogP) is 14.9. The average Bonchev–Trinajstić information content (AvgIpc) is 3.70. The van der Waals surface area contributed by atoms with Gasteiger partial charge in [-0.1, -0.05) is 152 Å². The van der Waals surface area contributed by atoms with Gasteiger partial charge in [-0.2, -0.15) is 0 Å². The molecule has 0 atom stereocenters. The zero-order valence-electron chi connectivity index (χ0n) is 33.8. The Morgan fingerprint density at radius 1 is 0.317 bits per heavy atom. The molecule has 0 N–H and O–H groups in total. The van der Waals surface area contributed by atoms with Crippen molar-refractivity contribution in [2.24, 2.45) is 0 Å². The average molecular weight is 800 g/mol. The number of benzene rings is 10. The highest BCUT2D eigenvalue weighted by Gasteiger charge is 2.21. The van der Waals surface area contributed by atoms with Crippen molar-refractivity contribution in [3.05, 3.63) is 200 Å². The third kappa shape index (κ3) is 4.93. The highest BCUT2D eigenvalue weighted by Crippen LogP contribution is 2.41. The minimum Gasteiger partial charge on any atom is -0.277 e. The lowest BCUT2D eigenvalue weighted by Crippen LogP contribution is -2.04.